The molecule has 0 atom stereocenters. The molecule has 0 aromatic carbocycles. The summed E-state index contributed by atoms with van der Waals surface area (Å²) < 4.78 is 0. The van der Waals surface area contributed by atoms with Gasteiger partial charge in [0.2, 0.25) is 0 Å². The van der Waals surface area contributed by atoms with E-state index in [1.807, 2.05) is 35.1 Å². The molecule has 0 spiro atoms. The van der Waals surface area contributed by atoms with Crippen molar-refractivity contribution in [3.05, 3.63) is 32.2 Å². The monoisotopic (exact) mass is 534 g/mol. The van der Waals surface area contributed by atoms with Crippen molar-refractivity contribution in [3.8, 4) is 0 Å². The molecule has 34 heavy (non-hydrogen) atoms. The number of nitrogens with zero attached hydrogens (tertiary/aromatic N) is 2. The predicted octanol–water partition coefficient (Wildman–Crippen LogP) is 8.70. The van der Waals surface area contributed by atoms with Crippen LogP contribution in [0.25, 0.3) is 0 Å². The van der Waals surface area contributed by atoms with E-state index in [0.29, 0.717) is 22.6 Å². The molecule has 0 radical (unpaired) electrons. The van der Waals surface area contributed by atoms with Crippen molar-refractivity contribution in [2.75, 3.05) is 0 Å². The quantitative estimate of drug-likeness (QED) is 0.366. The Balaban J connectivity index is 0.000000118. The van der Waals surface area contributed by atoms with Crippen molar-refractivity contribution in [2.24, 2.45) is 35.5 Å². The van der Waals surface area contributed by atoms with E-state index in [1.165, 1.54) is 96.8 Å². The maximum Gasteiger partial charge on any atom is 0.0990 e. The first kappa shape index (κ1) is 23.0. The zero-order chi connectivity index (χ0) is 22.9. The van der Waals surface area contributed by atoms with Gasteiger partial charge in [-0.1, -0.05) is 0 Å². The van der Waals surface area contributed by atoms with Crippen molar-refractivity contribution in [1.82, 2.24) is 9.97 Å². The van der Waals surface area contributed by atoms with Gasteiger partial charge >= 0.3 is 0 Å². The van der Waals surface area contributed by atoms with E-state index < -0.39 is 0 Å². The first-order valence-electron chi connectivity index (χ1n) is 13.6. The summed E-state index contributed by atoms with van der Waals surface area (Å²) >= 11 is 15.6. The van der Waals surface area contributed by atoms with Gasteiger partial charge in [-0.3, -0.25) is 0 Å². The van der Waals surface area contributed by atoms with Crippen molar-refractivity contribution < 1.29 is 0 Å². The zero-order valence-electron chi connectivity index (χ0n) is 20.0. The Labute approximate surface area is 222 Å². The van der Waals surface area contributed by atoms with Crippen LogP contribution in [0.15, 0.2) is 12.4 Å². The minimum atomic E-state index is 0.462. The molecular formula is C28H36Cl2N2S2. The number of rotatable bonds is 4. The molecule has 8 bridgehead atoms. The molecule has 0 unspecified atom stereocenters. The van der Waals surface area contributed by atoms with E-state index in [0.717, 1.165) is 35.5 Å². The maximum absolute atomic E-state index is 5.92. The molecule has 0 N–H and O–H groups in total. The molecule has 0 aliphatic heterocycles. The van der Waals surface area contributed by atoms with Crippen LogP contribution in [-0.2, 0) is 22.6 Å². The number of halogens is 2. The largest absolute Gasteiger partial charge is 0.249 e. The van der Waals surface area contributed by atoms with Crippen LogP contribution in [0.3, 0.4) is 0 Å². The first-order chi connectivity index (χ1) is 16.5. The molecule has 8 aliphatic rings. The van der Waals surface area contributed by atoms with E-state index in [2.05, 4.69) is 0 Å². The molecule has 184 valence electrons. The SMILES string of the molecule is ClCc1cnc(C23CC4CC(CC(C4)C2)C3)s1.ClCc1cnc(C23CC4CC(CC(C4)C2)C3)s1. The Morgan fingerprint density at radius 3 is 1.12 bits per heavy atom. The smallest absolute Gasteiger partial charge is 0.0990 e. The molecular weight excluding hydrogens is 499 g/mol. The van der Waals surface area contributed by atoms with Gasteiger partial charge in [0.05, 0.1) is 21.8 Å². The summed E-state index contributed by atoms with van der Waals surface area (Å²) in [6, 6.07) is 0. The summed E-state index contributed by atoms with van der Waals surface area (Å²) in [5.74, 6) is 7.28. The average molecular weight is 536 g/mol. The van der Waals surface area contributed by atoms with E-state index >= 15 is 0 Å². The molecule has 6 heteroatoms. The molecule has 2 nitrogen and oxygen atoms in total. The van der Waals surface area contributed by atoms with Crippen LogP contribution in [0, 0.1) is 35.5 Å². The van der Waals surface area contributed by atoms with Crippen molar-refractivity contribution in [2.45, 2.75) is 99.6 Å². The zero-order valence-corrected chi connectivity index (χ0v) is 23.1. The molecule has 10 rings (SSSR count). The lowest BCUT2D eigenvalue weighted by atomic mass is 9.50. The summed E-state index contributed by atoms with van der Waals surface area (Å²) in [7, 11) is 0. The van der Waals surface area contributed by atoms with Gasteiger partial charge in [-0.15, -0.1) is 45.9 Å². The lowest BCUT2D eigenvalue weighted by Crippen LogP contribution is -2.48. The summed E-state index contributed by atoms with van der Waals surface area (Å²) in [6.07, 6.45) is 21.5. The van der Waals surface area contributed by atoms with Gasteiger partial charge in [0.15, 0.2) is 0 Å². The summed E-state index contributed by atoms with van der Waals surface area (Å²) in [4.78, 5) is 11.9. The fourth-order valence-electron chi connectivity index (χ4n) is 9.97. The molecule has 0 amide bonds. The Morgan fingerprint density at radius 2 is 0.882 bits per heavy atom. The van der Waals surface area contributed by atoms with Crippen LogP contribution in [0.1, 0.15) is 96.8 Å². The van der Waals surface area contributed by atoms with Crippen LogP contribution in [0.2, 0.25) is 0 Å². The lowest BCUT2D eigenvalue weighted by molar-refractivity contribution is -0.00539. The standard InChI is InChI=1S/2C14H18ClNS/c2*15-7-12-8-16-13(17-12)14-4-9-1-10(5-14)3-11(2-9)6-14/h2*8-11H,1-7H2. The van der Waals surface area contributed by atoms with E-state index in [4.69, 9.17) is 33.2 Å². The Hall–Kier alpha value is -0.160. The third kappa shape index (κ3) is 3.92. The molecule has 2 heterocycles. The maximum atomic E-state index is 5.92. The van der Waals surface area contributed by atoms with Crippen LogP contribution in [0.4, 0.5) is 0 Å². The average Bonchev–Trinajstić information content (AvgIpc) is 3.48. The highest BCUT2D eigenvalue weighted by atomic mass is 35.5. The second-order valence-corrected chi connectivity index (χ2v) is 15.7. The topological polar surface area (TPSA) is 25.8 Å². The Morgan fingerprint density at radius 1 is 0.588 bits per heavy atom. The van der Waals surface area contributed by atoms with Gasteiger partial charge < -0.3 is 0 Å². The molecule has 2 aromatic heterocycles. The molecule has 8 aliphatic carbocycles. The first-order valence-corrected chi connectivity index (χ1v) is 16.3. The third-order valence-corrected chi connectivity index (χ3v) is 13.7. The molecule has 2 aromatic rings. The van der Waals surface area contributed by atoms with Gasteiger partial charge in [-0.25, -0.2) is 9.97 Å². The fraction of sp³-hybridized carbons (Fsp3) is 0.786. The van der Waals surface area contributed by atoms with Crippen LogP contribution >= 0.6 is 45.9 Å². The minimum Gasteiger partial charge on any atom is -0.249 e. The predicted molar refractivity (Wildman–Crippen MR) is 143 cm³/mol. The second-order valence-electron chi connectivity index (χ2n) is 12.9. The lowest BCUT2D eigenvalue weighted by Gasteiger charge is -2.56. The highest BCUT2D eigenvalue weighted by Gasteiger charge is 2.54. The van der Waals surface area contributed by atoms with E-state index in [-0.39, 0.29) is 0 Å². The summed E-state index contributed by atoms with van der Waals surface area (Å²) in [6.45, 7) is 0. The normalized spacial score (nSPS) is 43.2. The Kier molecular flexibility index (Phi) is 5.89. The molecule has 0 saturated heterocycles. The van der Waals surface area contributed by atoms with Gasteiger partial charge in [0.1, 0.15) is 0 Å². The van der Waals surface area contributed by atoms with Crippen molar-refractivity contribution in [3.63, 3.8) is 0 Å². The van der Waals surface area contributed by atoms with Crippen LogP contribution in [0.5, 0.6) is 0 Å². The van der Waals surface area contributed by atoms with Crippen LogP contribution < -0.4 is 0 Å². The van der Waals surface area contributed by atoms with Gasteiger partial charge in [-0.2, -0.15) is 0 Å². The second kappa shape index (κ2) is 8.71. The highest BCUT2D eigenvalue weighted by molar-refractivity contribution is 7.12. The Bertz CT molecular complexity index is 890. The van der Waals surface area contributed by atoms with Crippen LogP contribution in [-0.4, -0.2) is 9.97 Å². The van der Waals surface area contributed by atoms with E-state index in [1.54, 1.807) is 0 Å². The molecule has 8 fully saturated rings. The number of alkyl halides is 2. The summed E-state index contributed by atoms with van der Waals surface area (Å²) in [5.41, 5.74) is 0.924. The summed E-state index contributed by atoms with van der Waals surface area (Å²) in [5, 5.41) is 2.82. The van der Waals surface area contributed by atoms with Gasteiger partial charge in [-0.05, 0) is 113 Å². The van der Waals surface area contributed by atoms with Crippen molar-refractivity contribution in [1.29, 1.82) is 0 Å². The fourth-order valence-corrected chi connectivity index (χ4v) is 12.4. The minimum absolute atomic E-state index is 0.462. The third-order valence-electron chi connectivity index (χ3n) is 10.4. The van der Waals surface area contributed by atoms with Crippen molar-refractivity contribution >= 4 is 45.9 Å². The highest BCUT2D eigenvalue weighted by Crippen LogP contribution is 2.62. The number of aromatic nitrogens is 2. The van der Waals surface area contributed by atoms with Gasteiger partial charge in [0.25, 0.3) is 0 Å². The number of hydrogen-bond donors (Lipinski definition) is 0. The molecule has 8 saturated carbocycles. The number of thiazole rings is 2. The number of hydrogen-bond acceptors (Lipinski definition) is 4. The van der Waals surface area contributed by atoms with Gasteiger partial charge in [0, 0.05) is 33.0 Å². The van der Waals surface area contributed by atoms with E-state index in [9.17, 15) is 0 Å².